The molecule has 1 unspecified atom stereocenters. The minimum Gasteiger partial charge on any atom is -0.458 e. The third-order valence-corrected chi connectivity index (χ3v) is 10.9. The van der Waals surface area contributed by atoms with E-state index in [9.17, 15) is 19.5 Å². The number of esters is 1. The Hall–Kier alpha value is -1.71. The SMILES string of the molecule is CCCCC(=O)OCC(=O)[C@@]12OC(CCC)O[C@@H]1C[C@H]1[C@@H]3C[C@H](F)C4=CC(=O)CC[C@]4(C)[C@@]3(F)[C@@H](O)C[C@@]12C. The summed E-state index contributed by atoms with van der Waals surface area (Å²) in [5, 5.41) is 11.6. The highest BCUT2D eigenvalue weighted by atomic mass is 19.1. The highest BCUT2D eigenvalue weighted by molar-refractivity contribution is 5.93. The number of ether oxygens (including phenoxy) is 3. The van der Waals surface area contributed by atoms with Gasteiger partial charge in [-0.05, 0) is 56.1 Å². The number of aliphatic hydroxyl groups excluding tert-OH is 1. The van der Waals surface area contributed by atoms with Crippen LogP contribution in [0.3, 0.4) is 0 Å². The number of rotatable bonds is 8. The number of Topliss-reactive ketones (excluding diaryl/α,β-unsaturated/α-hetero) is 1. The van der Waals surface area contributed by atoms with E-state index >= 15 is 8.78 Å². The summed E-state index contributed by atoms with van der Waals surface area (Å²) in [7, 11) is 0. The van der Waals surface area contributed by atoms with Crippen molar-refractivity contribution < 1.29 is 42.5 Å². The molecule has 0 radical (unpaired) electrons. The number of fused-ring (bicyclic) bond motifs is 7. The molecule has 218 valence electrons. The minimum absolute atomic E-state index is 0.0906. The van der Waals surface area contributed by atoms with E-state index in [0.717, 1.165) is 12.8 Å². The molecule has 9 heteroatoms. The van der Waals surface area contributed by atoms with Crippen molar-refractivity contribution in [2.75, 3.05) is 6.61 Å². The normalized spacial score (nSPS) is 46.5. The van der Waals surface area contributed by atoms with E-state index in [4.69, 9.17) is 14.2 Å². The zero-order valence-corrected chi connectivity index (χ0v) is 23.5. The van der Waals surface area contributed by atoms with Gasteiger partial charge < -0.3 is 19.3 Å². The molecule has 1 N–H and O–H groups in total. The van der Waals surface area contributed by atoms with Gasteiger partial charge in [-0.3, -0.25) is 14.4 Å². The summed E-state index contributed by atoms with van der Waals surface area (Å²) >= 11 is 0. The van der Waals surface area contributed by atoms with Crippen LogP contribution in [0, 0.1) is 22.7 Å². The van der Waals surface area contributed by atoms with Crippen molar-refractivity contribution in [1.29, 1.82) is 0 Å². The summed E-state index contributed by atoms with van der Waals surface area (Å²) < 4.78 is 51.3. The van der Waals surface area contributed by atoms with E-state index in [1.807, 2.05) is 20.8 Å². The predicted octanol–water partition coefficient (Wildman–Crippen LogP) is 4.72. The zero-order valence-electron chi connectivity index (χ0n) is 23.5. The van der Waals surface area contributed by atoms with Gasteiger partial charge in [0.05, 0.1) is 12.2 Å². The average molecular weight is 553 g/mol. The van der Waals surface area contributed by atoms with Gasteiger partial charge in [0.25, 0.3) is 0 Å². The van der Waals surface area contributed by atoms with Crippen LogP contribution < -0.4 is 0 Å². The number of alkyl halides is 2. The Morgan fingerprint density at radius 1 is 1.18 bits per heavy atom. The highest BCUT2D eigenvalue weighted by Gasteiger charge is 2.80. The van der Waals surface area contributed by atoms with Crippen LogP contribution in [0.25, 0.3) is 0 Å². The number of carbonyl (C=O) groups excluding carboxylic acids is 3. The molecule has 7 nitrogen and oxygen atoms in total. The molecule has 0 aromatic heterocycles. The third-order valence-electron chi connectivity index (χ3n) is 10.9. The molecular formula is C30H42F2O7. The van der Waals surface area contributed by atoms with Crippen molar-refractivity contribution >= 4 is 17.5 Å². The summed E-state index contributed by atoms with van der Waals surface area (Å²) in [5.74, 6) is -2.58. The van der Waals surface area contributed by atoms with Crippen LogP contribution in [0.15, 0.2) is 11.6 Å². The maximum atomic E-state index is 17.5. The largest absolute Gasteiger partial charge is 0.458 e. The summed E-state index contributed by atoms with van der Waals surface area (Å²) in [6.07, 6.45) is 0.0158. The van der Waals surface area contributed by atoms with E-state index < -0.39 is 77.0 Å². The topological polar surface area (TPSA) is 99.1 Å². The molecule has 1 saturated heterocycles. The number of carbonyl (C=O) groups is 3. The van der Waals surface area contributed by atoms with Gasteiger partial charge in [0, 0.05) is 29.6 Å². The first-order chi connectivity index (χ1) is 18.4. The van der Waals surface area contributed by atoms with Crippen LogP contribution in [-0.4, -0.2) is 65.2 Å². The van der Waals surface area contributed by atoms with Crippen molar-refractivity contribution in [2.45, 2.75) is 128 Å². The Bertz CT molecular complexity index is 1060. The number of hydrogen-bond acceptors (Lipinski definition) is 7. The molecule has 3 saturated carbocycles. The second kappa shape index (κ2) is 9.98. The van der Waals surface area contributed by atoms with E-state index in [-0.39, 0.29) is 49.9 Å². The molecule has 0 spiro atoms. The van der Waals surface area contributed by atoms with Crippen LogP contribution in [0.5, 0.6) is 0 Å². The molecule has 4 aliphatic carbocycles. The van der Waals surface area contributed by atoms with E-state index in [2.05, 4.69) is 0 Å². The molecule has 4 fully saturated rings. The number of halogens is 2. The number of ketones is 2. The van der Waals surface area contributed by atoms with Crippen LogP contribution in [0.4, 0.5) is 8.78 Å². The molecule has 0 bridgehead atoms. The van der Waals surface area contributed by atoms with Crippen molar-refractivity contribution in [2.24, 2.45) is 22.7 Å². The molecular weight excluding hydrogens is 510 g/mol. The second-order valence-electron chi connectivity index (χ2n) is 12.8. The van der Waals surface area contributed by atoms with E-state index in [1.54, 1.807) is 6.92 Å². The zero-order chi connectivity index (χ0) is 28.4. The molecule has 1 aliphatic heterocycles. The molecule has 1 heterocycles. The first-order valence-electron chi connectivity index (χ1n) is 14.7. The molecule has 5 rings (SSSR count). The van der Waals surface area contributed by atoms with Gasteiger partial charge in [-0.15, -0.1) is 0 Å². The molecule has 0 aromatic rings. The monoisotopic (exact) mass is 552 g/mol. The van der Waals surface area contributed by atoms with E-state index in [0.29, 0.717) is 12.8 Å². The van der Waals surface area contributed by atoms with Gasteiger partial charge in [-0.2, -0.15) is 0 Å². The van der Waals surface area contributed by atoms with Gasteiger partial charge in [0.2, 0.25) is 5.78 Å². The molecule has 5 aliphatic rings. The summed E-state index contributed by atoms with van der Waals surface area (Å²) in [4.78, 5) is 38.4. The van der Waals surface area contributed by atoms with Gasteiger partial charge in [-0.25, -0.2) is 8.78 Å². The Morgan fingerprint density at radius 3 is 2.62 bits per heavy atom. The number of hydrogen-bond donors (Lipinski definition) is 1. The van der Waals surface area contributed by atoms with E-state index in [1.165, 1.54) is 6.08 Å². The Labute approximate surface area is 229 Å². The minimum atomic E-state index is -2.18. The fraction of sp³-hybridized carbons (Fsp3) is 0.833. The predicted molar refractivity (Wildman–Crippen MR) is 137 cm³/mol. The molecule has 0 aromatic carbocycles. The Balaban J connectivity index is 1.52. The maximum absolute atomic E-state index is 17.5. The second-order valence-corrected chi connectivity index (χ2v) is 12.8. The summed E-state index contributed by atoms with van der Waals surface area (Å²) in [5.41, 5.74) is -5.99. The first-order valence-corrected chi connectivity index (χ1v) is 14.7. The molecule has 39 heavy (non-hydrogen) atoms. The van der Waals surface area contributed by atoms with Gasteiger partial charge in [0.15, 0.2) is 24.3 Å². The lowest BCUT2D eigenvalue weighted by molar-refractivity contribution is -0.242. The van der Waals surface area contributed by atoms with Crippen molar-refractivity contribution in [3.05, 3.63) is 11.6 Å². The average Bonchev–Trinajstić information content (AvgIpc) is 3.37. The maximum Gasteiger partial charge on any atom is 0.306 e. The van der Waals surface area contributed by atoms with Crippen LogP contribution in [0.2, 0.25) is 0 Å². The Morgan fingerprint density at radius 2 is 1.92 bits per heavy atom. The highest BCUT2D eigenvalue weighted by Crippen LogP contribution is 2.72. The van der Waals surface area contributed by atoms with Crippen molar-refractivity contribution in [3.63, 3.8) is 0 Å². The molecule has 0 amide bonds. The smallest absolute Gasteiger partial charge is 0.306 e. The summed E-state index contributed by atoms with van der Waals surface area (Å²) in [6.45, 7) is 6.88. The lowest BCUT2D eigenvalue weighted by Crippen LogP contribution is -2.71. The first kappa shape index (κ1) is 28.8. The van der Waals surface area contributed by atoms with Crippen molar-refractivity contribution in [3.8, 4) is 0 Å². The number of allylic oxidation sites excluding steroid dienone is 1. The van der Waals surface area contributed by atoms with Crippen molar-refractivity contribution in [1.82, 2.24) is 0 Å². The molecule has 10 atom stereocenters. The summed E-state index contributed by atoms with van der Waals surface area (Å²) in [6, 6.07) is 0. The van der Waals surface area contributed by atoms with Gasteiger partial charge in [0.1, 0.15) is 11.8 Å². The van der Waals surface area contributed by atoms with Crippen LogP contribution in [-0.2, 0) is 28.6 Å². The standard InChI is InChI=1S/C30H42F2O7/c1-5-7-9-25(36)37-16-23(35)30-24(38-26(39-30)8-6-2)14-18-19-13-21(31)20-12-17(33)10-11-27(20,3)29(19,32)22(34)15-28(18,30)4/h12,18-19,21-22,24,26,34H,5-11,13-16H2,1-4H3/t18-,19-,21-,22-,24+,26?,27-,28-,29-,30+/m0/s1. The van der Waals surface area contributed by atoms with Crippen LogP contribution in [0.1, 0.15) is 91.9 Å². The number of aliphatic hydroxyl groups is 1. The Kier molecular flexibility index (Phi) is 7.37. The fourth-order valence-corrected chi connectivity index (χ4v) is 8.89. The van der Waals surface area contributed by atoms with Crippen LogP contribution >= 0.6 is 0 Å². The lowest BCUT2D eigenvalue weighted by atomic mass is 9.43. The third kappa shape index (κ3) is 3.92. The quantitative estimate of drug-likeness (QED) is 0.435. The number of unbranched alkanes of at least 4 members (excludes halogenated alkanes) is 1. The lowest BCUT2D eigenvalue weighted by Gasteiger charge is -2.64. The van der Waals surface area contributed by atoms with Gasteiger partial charge >= 0.3 is 5.97 Å². The van der Waals surface area contributed by atoms with Gasteiger partial charge in [-0.1, -0.05) is 40.5 Å². The fourth-order valence-electron chi connectivity index (χ4n) is 8.89.